The SMILES string of the molecule is OC1(c2ccc([S+]3CCCCC3)c3ccccc23)CCCC1. The molecule has 4 rings (SSSR count). The second kappa shape index (κ2) is 5.90. The van der Waals surface area contributed by atoms with Crippen LogP contribution in [0.1, 0.15) is 50.5 Å². The van der Waals surface area contributed by atoms with E-state index in [1.807, 2.05) is 0 Å². The molecule has 1 N–H and O–H groups in total. The van der Waals surface area contributed by atoms with E-state index in [-0.39, 0.29) is 0 Å². The molecule has 2 aromatic rings. The number of hydrogen-bond acceptors (Lipinski definition) is 1. The number of benzene rings is 2. The lowest BCUT2D eigenvalue weighted by Gasteiger charge is -2.25. The van der Waals surface area contributed by atoms with Crippen LogP contribution in [0.15, 0.2) is 41.3 Å². The molecule has 0 radical (unpaired) electrons. The van der Waals surface area contributed by atoms with Gasteiger partial charge in [0.2, 0.25) is 0 Å². The number of aliphatic hydroxyl groups is 1. The van der Waals surface area contributed by atoms with Gasteiger partial charge in [0.05, 0.1) is 5.60 Å². The van der Waals surface area contributed by atoms with E-state index < -0.39 is 5.60 Å². The molecule has 116 valence electrons. The lowest BCUT2D eigenvalue weighted by Crippen LogP contribution is -2.22. The number of rotatable bonds is 2. The molecule has 1 saturated heterocycles. The van der Waals surface area contributed by atoms with Crippen LogP contribution in [-0.4, -0.2) is 16.6 Å². The van der Waals surface area contributed by atoms with Gasteiger partial charge in [-0.25, -0.2) is 0 Å². The van der Waals surface area contributed by atoms with Crippen LogP contribution in [0.25, 0.3) is 10.8 Å². The van der Waals surface area contributed by atoms with Gasteiger partial charge in [-0.05, 0) is 55.2 Å². The highest BCUT2D eigenvalue weighted by atomic mass is 32.2. The highest BCUT2D eigenvalue weighted by molar-refractivity contribution is 7.97. The number of hydrogen-bond donors (Lipinski definition) is 1. The maximum Gasteiger partial charge on any atom is 0.162 e. The second-order valence-corrected chi connectivity index (χ2v) is 9.10. The first kappa shape index (κ1) is 14.6. The summed E-state index contributed by atoms with van der Waals surface area (Å²) >= 11 is 0. The van der Waals surface area contributed by atoms with E-state index in [0.29, 0.717) is 10.9 Å². The summed E-state index contributed by atoms with van der Waals surface area (Å²) in [4.78, 5) is 1.54. The van der Waals surface area contributed by atoms with Gasteiger partial charge < -0.3 is 5.11 Å². The van der Waals surface area contributed by atoms with Gasteiger partial charge in [0.15, 0.2) is 4.90 Å². The molecular weight excluding hydrogens is 288 g/mol. The van der Waals surface area contributed by atoms with Crippen molar-refractivity contribution >= 4 is 21.7 Å². The first-order chi connectivity index (χ1) is 10.8. The monoisotopic (exact) mass is 313 g/mol. The average molecular weight is 313 g/mol. The van der Waals surface area contributed by atoms with Crippen LogP contribution in [0.5, 0.6) is 0 Å². The minimum Gasteiger partial charge on any atom is -0.385 e. The first-order valence-electron chi connectivity index (χ1n) is 8.70. The zero-order valence-electron chi connectivity index (χ0n) is 13.2. The van der Waals surface area contributed by atoms with Gasteiger partial charge in [-0.15, -0.1) is 0 Å². The third-order valence-electron chi connectivity index (χ3n) is 5.41. The van der Waals surface area contributed by atoms with Crippen molar-refractivity contribution in [3.63, 3.8) is 0 Å². The van der Waals surface area contributed by atoms with Crippen LogP contribution in [0.2, 0.25) is 0 Å². The molecule has 2 fully saturated rings. The van der Waals surface area contributed by atoms with E-state index in [9.17, 15) is 5.11 Å². The lowest BCUT2D eigenvalue weighted by atomic mass is 9.88. The summed E-state index contributed by atoms with van der Waals surface area (Å²) in [7, 11) is 0.412. The van der Waals surface area contributed by atoms with E-state index in [1.165, 1.54) is 47.1 Å². The average Bonchev–Trinajstić information content (AvgIpc) is 3.02. The van der Waals surface area contributed by atoms with Crippen molar-refractivity contribution in [1.29, 1.82) is 0 Å². The summed E-state index contributed by atoms with van der Waals surface area (Å²) in [5.41, 5.74) is 0.582. The van der Waals surface area contributed by atoms with Crippen molar-refractivity contribution in [2.24, 2.45) is 0 Å². The summed E-state index contributed by atoms with van der Waals surface area (Å²) < 4.78 is 0. The van der Waals surface area contributed by atoms with Gasteiger partial charge in [-0.3, -0.25) is 0 Å². The first-order valence-corrected chi connectivity index (χ1v) is 10.3. The Labute approximate surface area is 136 Å². The predicted octanol–water partition coefficient (Wildman–Crippen LogP) is 4.76. The van der Waals surface area contributed by atoms with E-state index in [1.54, 1.807) is 4.90 Å². The largest absolute Gasteiger partial charge is 0.385 e. The van der Waals surface area contributed by atoms with Crippen molar-refractivity contribution < 1.29 is 5.11 Å². The Morgan fingerprint density at radius 2 is 1.45 bits per heavy atom. The standard InChI is InChI=1S/C20H25OS/c21-20(12-4-5-13-20)18-10-11-19(22-14-6-1-7-15-22)17-9-3-2-8-16(17)18/h2-3,8-11,21H,1,4-7,12-15H2/q+1. The summed E-state index contributed by atoms with van der Waals surface area (Å²) in [6.07, 6.45) is 8.30. The maximum atomic E-state index is 11.1. The van der Waals surface area contributed by atoms with Gasteiger partial charge in [-0.1, -0.05) is 37.1 Å². The Bertz CT molecular complexity index is 666. The van der Waals surface area contributed by atoms with Crippen LogP contribution in [0, 0.1) is 0 Å². The van der Waals surface area contributed by atoms with E-state index in [2.05, 4.69) is 36.4 Å². The molecule has 1 aliphatic carbocycles. The minimum absolute atomic E-state index is 0.412. The maximum absolute atomic E-state index is 11.1. The molecule has 2 aliphatic rings. The van der Waals surface area contributed by atoms with Crippen molar-refractivity contribution in [1.82, 2.24) is 0 Å². The van der Waals surface area contributed by atoms with E-state index in [4.69, 9.17) is 0 Å². The summed E-state index contributed by atoms with van der Waals surface area (Å²) in [6, 6.07) is 13.3. The summed E-state index contributed by atoms with van der Waals surface area (Å²) in [5.74, 6) is 2.71. The lowest BCUT2D eigenvalue weighted by molar-refractivity contribution is 0.0460. The van der Waals surface area contributed by atoms with Gasteiger partial charge in [0.1, 0.15) is 11.5 Å². The quantitative estimate of drug-likeness (QED) is 0.792. The van der Waals surface area contributed by atoms with Crippen molar-refractivity contribution in [2.75, 3.05) is 11.5 Å². The third kappa shape index (κ3) is 2.47. The minimum atomic E-state index is -0.589. The topological polar surface area (TPSA) is 20.2 Å². The van der Waals surface area contributed by atoms with Crippen molar-refractivity contribution in [3.8, 4) is 0 Å². The van der Waals surface area contributed by atoms with Gasteiger partial charge in [-0.2, -0.15) is 0 Å². The molecule has 0 aromatic heterocycles. The Morgan fingerprint density at radius 3 is 2.18 bits per heavy atom. The molecule has 1 heterocycles. The van der Waals surface area contributed by atoms with Crippen LogP contribution in [0.3, 0.4) is 0 Å². The van der Waals surface area contributed by atoms with Crippen LogP contribution >= 0.6 is 0 Å². The van der Waals surface area contributed by atoms with Crippen LogP contribution in [0.4, 0.5) is 0 Å². The highest BCUT2D eigenvalue weighted by Gasteiger charge is 2.36. The smallest absolute Gasteiger partial charge is 0.162 e. The molecule has 2 aromatic carbocycles. The molecule has 0 amide bonds. The Balaban J connectivity index is 1.84. The molecule has 0 atom stereocenters. The van der Waals surface area contributed by atoms with Crippen molar-refractivity contribution in [3.05, 3.63) is 42.0 Å². The Kier molecular flexibility index (Phi) is 3.91. The summed E-state index contributed by atoms with van der Waals surface area (Å²) in [5, 5.41) is 13.8. The third-order valence-corrected chi connectivity index (χ3v) is 7.95. The molecule has 2 heteroatoms. The zero-order chi connectivity index (χ0) is 15.0. The van der Waals surface area contributed by atoms with E-state index >= 15 is 0 Å². The van der Waals surface area contributed by atoms with Crippen molar-refractivity contribution in [2.45, 2.75) is 55.4 Å². The molecule has 1 aliphatic heterocycles. The molecule has 1 nitrogen and oxygen atoms in total. The zero-order valence-corrected chi connectivity index (χ0v) is 14.0. The van der Waals surface area contributed by atoms with Crippen LogP contribution < -0.4 is 0 Å². The molecule has 1 saturated carbocycles. The van der Waals surface area contributed by atoms with Gasteiger partial charge in [0, 0.05) is 16.3 Å². The molecule has 22 heavy (non-hydrogen) atoms. The Hall–Kier alpha value is -0.990. The highest BCUT2D eigenvalue weighted by Crippen LogP contribution is 2.43. The molecule has 0 spiro atoms. The predicted molar refractivity (Wildman–Crippen MR) is 95.5 cm³/mol. The second-order valence-electron chi connectivity index (χ2n) is 6.86. The number of fused-ring (bicyclic) bond motifs is 1. The van der Waals surface area contributed by atoms with Gasteiger partial charge >= 0.3 is 0 Å². The van der Waals surface area contributed by atoms with E-state index in [0.717, 1.165) is 25.7 Å². The van der Waals surface area contributed by atoms with Crippen LogP contribution in [-0.2, 0) is 16.5 Å². The fraction of sp³-hybridized carbons (Fsp3) is 0.500. The molecule has 0 unspecified atom stereocenters. The molecule has 0 bridgehead atoms. The van der Waals surface area contributed by atoms with Gasteiger partial charge in [0.25, 0.3) is 0 Å². The molecular formula is C20H25OS+. The summed E-state index contributed by atoms with van der Waals surface area (Å²) in [6.45, 7) is 0. The Morgan fingerprint density at radius 1 is 0.773 bits per heavy atom. The fourth-order valence-corrected chi connectivity index (χ4v) is 6.71. The normalized spacial score (nSPS) is 22.2. The fourth-order valence-electron chi connectivity index (χ4n) is 4.21.